The van der Waals surface area contributed by atoms with Crippen molar-refractivity contribution in [3.05, 3.63) is 40.5 Å². The minimum Gasteiger partial charge on any atom is -0.436 e. The van der Waals surface area contributed by atoms with Gasteiger partial charge >= 0.3 is 0 Å². The monoisotopic (exact) mass is 301 g/mol. The third-order valence-electron chi connectivity index (χ3n) is 1.84. The SMILES string of the molecule is Nc1ncc(F)c(Oc2ccc(Br)c(F)c2)n1. The van der Waals surface area contributed by atoms with E-state index in [1.54, 1.807) is 0 Å². The van der Waals surface area contributed by atoms with Crippen molar-refractivity contribution in [2.75, 3.05) is 5.73 Å². The molecule has 0 amide bonds. The molecule has 88 valence electrons. The van der Waals surface area contributed by atoms with E-state index in [4.69, 9.17) is 10.5 Å². The fraction of sp³-hybridized carbons (Fsp3) is 0. The van der Waals surface area contributed by atoms with E-state index in [9.17, 15) is 8.78 Å². The lowest BCUT2D eigenvalue weighted by atomic mass is 10.3. The summed E-state index contributed by atoms with van der Waals surface area (Å²) in [6.07, 6.45) is 0.882. The second kappa shape index (κ2) is 4.62. The van der Waals surface area contributed by atoms with Gasteiger partial charge < -0.3 is 10.5 Å². The molecule has 0 aliphatic heterocycles. The van der Waals surface area contributed by atoms with Crippen molar-refractivity contribution in [1.29, 1.82) is 0 Å². The molecular weight excluding hydrogens is 296 g/mol. The lowest BCUT2D eigenvalue weighted by molar-refractivity contribution is 0.418. The van der Waals surface area contributed by atoms with Crippen LogP contribution in [0.15, 0.2) is 28.9 Å². The summed E-state index contributed by atoms with van der Waals surface area (Å²) in [6.45, 7) is 0. The number of anilines is 1. The number of nitrogen functional groups attached to an aromatic ring is 1. The molecule has 0 radical (unpaired) electrons. The molecule has 1 aromatic carbocycles. The van der Waals surface area contributed by atoms with Crippen LogP contribution in [-0.2, 0) is 0 Å². The molecule has 0 fully saturated rings. The average Bonchev–Trinajstić information content (AvgIpc) is 2.29. The van der Waals surface area contributed by atoms with Gasteiger partial charge in [-0.3, -0.25) is 0 Å². The Morgan fingerprint density at radius 1 is 1.24 bits per heavy atom. The average molecular weight is 302 g/mol. The fourth-order valence-corrected chi connectivity index (χ4v) is 1.33. The van der Waals surface area contributed by atoms with Gasteiger partial charge in [0.25, 0.3) is 5.88 Å². The van der Waals surface area contributed by atoms with Crippen LogP contribution in [-0.4, -0.2) is 9.97 Å². The molecule has 17 heavy (non-hydrogen) atoms. The summed E-state index contributed by atoms with van der Waals surface area (Å²) < 4.78 is 31.8. The zero-order valence-corrected chi connectivity index (χ0v) is 9.91. The van der Waals surface area contributed by atoms with Gasteiger partial charge in [0.2, 0.25) is 11.8 Å². The molecule has 2 N–H and O–H groups in total. The lowest BCUT2D eigenvalue weighted by Crippen LogP contribution is -1.99. The van der Waals surface area contributed by atoms with E-state index in [1.807, 2.05) is 0 Å². The molecule has 2 rings (SSSR count). The van der Waals surface area contributed by atoms with Crippen molar-refractivity contribution in [3.8, 4) is 11.6 Å². The van der Waals surface area contributed by atoms with Crippen molar-refractivity contribution in [3.63, 3.8) is 0 Å². The molecule has 0 bridgehead atoms. The normalized spacial score (nSPS) is 10.3. The minimum atomic E-state index is -0.775. The maximum atomic E-state index is 13.2. The van der Waals surface area contributed by atoms with Crippen molar-refractivity contribution in [2.24, 2.45) is 0 Å². The molecule has 7 heteroatoms. The van der Waals surface area contributed by atoms with Gasteiger partial charge in [0.05, 0.1) is 10.7 Å². The zero-order chi connectivity index (χ0) is 12.4. The third kappa shape index (κ3) is 2.68. The largest absolute Gasteiger partial charge is 0.436 e. The molecule has 0 spiro atoms. The molecule has 0 saturated heterocycles. The van der Waals surface area contributed by atoms with E-state index in [-0.39, 0.29) is 22.1 Å². The summed E-state index contributed by atoms with van der Waals surface area (Å²) in [4.78, 5) is 7.00. The van der Waals surface area contributed by atoms with Gasteiger partial charge in [-0.25, -0.2) is 9.37 Å². The number of nitrogens with two attached hydrogens (primary N) is 1. The van der Waals surface area contributed by atoms with Crippen molar-refractivity contribution in [1.82, 2.24) is 9.97 Å². The van der Waals surface area contributed by atoms with Crippen LogP contribution in [0.2, 0.25) is 0 Å². The molecule has 0 atom stereocenters. The molecule has 0 unspecified atom stereocenters. The predicted octanol–water partition coefficient (Wildman–Crippen LogP) is 2.89. The first kappa shape index (κ1) is 11.7. The molecule has 0 saturated carbocycles. The quantitative estimate of drug-likeness (QED) is 0.926. The van der Waals surface area contributed by atoms with Crippen molar-refractivity contribution >= 4 is 21.9 Å². The van der Waals surface area contributed by atoms with E-state index in [0.29, 0.717) is 0 Å². The van der Waals surface area contributed by atoms with Gasteiger partial charge in [-0.1, -0.05) is 0 Å². The Hall–Kier alpha value is -1.76. The summed E-state index contributed by atoms with van der Waals surface area (Å²) in [5, 5.41) is 0. The first-order chi connectivity index (χ1) is 8.06. The molecule has 2 aromatic rings. The predicted molar refractivity (Wildman–Crippen MR) is 60.6 cm³/mol. The van der Waals surface area contributed by atoms with Gasteiger partial charge in [0.15, 0.2) is 0 Å². The van der Waals surface area contributed by atoms with Crippen LogP contribution in [0, 0.1) is 11.6 Å². The Bertz CT molecular complexity index is 565. The number of halogens is 3. The second-order valence-electron chi connectivity index (χ2n) is 3.06. The van der Waals surface area contributed by atoms with Crippen LogP contribution in [0.25, 0.3) is 0 Å². The standard InChI is InChI=1S/C10H6BrF2N3O/c11-6-2-1-5(3-7(6)12)17-9-8(13)4-15-10(14)16-9/h1-4H,(H2,14,15,16). The van der Waals surface area contributed by atoms with Crippen molar-refractivity contribution < 1.29 is 13.5 Å². The van der Waals surface area contributed by atoms with E-state index >= 15 is 0 Å². The Morgan fingerprint density at radius 2 is 2.00 bits per heavy atom. The summed E-state index contributed by atoms with van der Waals surface area (Å²) in [5.74, 6) is -1.66. The van der Waals surface area contributed by atoms with Gasteiger partial charge in [0, 0.05) is 6.07 Å². The first-order valence-corrected chi connectivity index (χ1v) is 5.26. The highest BCUT2D eigenvalue weighted by Crippen LogP contribution is 2.26. The fourth-order valence-electron chi connectivity index (χ4n) is 1.09. The molecule has 1 heterocycles. The topological polar surface area (TPSA) is 61.0 Å². The molecule has 0 aliphatic rings. The summed E-state index contributed by atoms with van der Waals surface area (Å²) >= 11 is 2.99. The number of benzene rings is 1. The molecule has 1 aromatic heterocycles. The highest BCUT2D eigenvalue weighted by Gasteiger charge is 2.09. The summed E-state index contributed by atoms with van der Waals surface area (Å²) in [6, 6.07) is 4.00. The maximum absolute atomic E-state index is 13.2. The zero-order valence-electron chi connectivity index (χ0n) is 8.32. The Morgan fingerprint density at radius 3 is 2.71 bits per heavy atom. The number of aromatic nitrogens is 2. The van der Waals surface area contributed by atoms with Crippen LogP contribution in [0.3, 0.4) is 0 Å². The number of hydrogen-bond acceptors (Lipinski definition) is 4. The van der Waals surface area contributed by atoms with Gasteiger partial charge in [-0.05, 0) is 28.1 Å². The summed E-state index contributed by atoms with van der Waals surface area (Å²) in [5.41, 5.74) is 5.28. The van der Waals surface area contributed by atoms with E-state index in [1.165, 1.54) is 12.1 Å². The smallest absolute Gasteiger partial charge is 0.260 e. The van der Waals surface area contributed by atoms with Gasteiger partial charge in [0.1, 0.15) is 11.6 Å². The van der Waals surface area contributed by atoms with Gasteiger partial charge in [-0.15, -0.1) is 0 Å². The Kier molecular flexibility index (Phi) is 3.19. The number of rotatable bonds is 2. The van der Waals surface area contributed by atoms with Crippen LogP contribution in [0.5, 0.6) is 11.6 Å². The van der Waals surface area contributed by atoms with E-state index in [0.717, 1.165) is 12.3 Å². The second-order valence-corrected chi connectivity index (χ2v) is 3.91. The Balaban J connectivity index is 2.31. The maximum Gasteiger partial charge on any atom is 0.260 e. The Labute approximate surface area is 104 Å². The number of nitrogens with zero attached hydrogens (tertiary/aromatic N) is 2. The van der Waals surface area contributed by atoms with Crippen molar-refractivity contribution in [2.45, 2.75) is 0 Å². The van der Waals surface area contributed by atoms with E-state index in [2.05, 4.69) is 25.9 Å². The highest BCUT2D eigenvalue weighted by molar-refractivity contribution is 9.10. The van der Waals surface area contributed by atoms with Crippen LogP contribution in [0.1, 0.15) is 0 Å². The van der Waals surface area contributed by atoms with Crippen LogP contribution >= 0.6 is 15.9 Å². The third-order valence-corrected chi connectivity index (χ3v) is 2.48. The number of ether oxygens (including phenoxy) is 1. The first-order valence-electron chi connectivity index (χ1n) is 4.47. The highest BCUT2D eigenvalue weighted by atomic mass is 79.9. The summed E-state index contributed by atoms with van der Waals surface area (Å²) in [7, 11) is 0. The van der Waals surface area contributed by atoms with E-state index < -0.39 is 11.6 Å². The number of hydrogen-bond donors (Lipinski definition) is 1. The minimum absolute atomic E-state index is 0.114. The van der Waals surface area contributed by atoms with Gasteiger partial charge in [-0.2, -0.15) is 9.37 Å². The van der Waals surface area contributed by atoms with Crippen LogP contribution in [0.4, 0.5) is 14.7 Å². The van der Waals surface area contributed by atoms with Crippen LogP contribution < -0.4 is 10.5 Å². The molecule has 0 aliphatic carbocycles. The lowest BCUT2D eigenvalue weighted by Gasteiger charge is -2.06. The molecule has 4 nitrogen and oxygen atoms in total. The molecular formula is C10H6BrF2N3O.